The van der Waals surface area contributed by atoms with Gasteiger partial charge in [0.1, 0.15) is 0 Å². The number of alkyl halides is 6. The van der Waals surface area contributed by atoms with Gasteiger partial charge in [-0.1, -0.05) is 6.07 Å². The van der Waals surface area contributed by atoms with Gasteiger partial charge in [-0.2, -0.15) is 26.3 Å². The van der Waals surface area contributed by atoms with Gasteiger partial charge in [0.05, 0.1) is 6.08 Å². The average Bonchev–Trinajstić information content (AvgIpc) is 2.20. The third kappa shape index (κ3) is 4.27. The summed E-state index contributed by atoms with van der Waals surface area (Å²) in [6.45, 7) is 0. The highest BCUT2D eigenvalue weighted by Gasteiger charge is 2.41. The van der Waals surface area contributed by atoms with E-state index in [9.17, 15) is 26.3 Å². The lowest BCUT2D eigenvalue weighted by Gasteiger charge is -2.15. The first-order valence-corrected chi connectivity index (χ1v) is 4.56. The zero-order chi connectivity index (χ0) is 14.8. The van der Waals surface area contributed by atoms with Crippen LogP contribution >= 0.6 is 0 Å². The standard InChI is InChI=1S/C10H6F6O3/c11-9(12,13)4-7(10(14,15)16)19-6-3-1-2-5(17)8(6)18/h1-4,17-18H. The molecular formula is C10H6F6O3. The van der Waals surface area contributed by atoms with Crippen LogP contribution in [0.25, 0.3) is 0 Å². The van der Waals surface area contributed by atoms with E-state index in [1.807, 2.05) is 0 Å². The van der Waals surface area contributed by atoms with Gasteiger partial charge in [0.25, 0.3) is 0 Å². The number of halogens is 6. The number of para-hydroxylation sites is 1. The largest absolute Gasteiger partial charge is 0.504 e. The second-order valence-corrected chi connectivity index (χ2v) is 3.27. The van der Waals surface area contributed by atoms with Crippen LogP contribution in [0, 0.1) is 0 Å². The van der Waals surface area contributed by atoms with Gasteiger partial charge in [0.15, 0.2) is 11.5 Å². The van der Waals surface area contributed by atoms with Gasteiger partial charge in [0, 0.05) is 0 Å². The predicted octanol–water partition coefficient (Wildman–Crippen LogP) is 3.49. The van der Waals surface area contributed by atoms with E-state index in [1.54, 1.807) is 0 Å². The smallest absolute Gasteiger partial charge is 0.449 e. The van der Waals surface area contributed by atoms with Crippen molar-refractivity contribution < 1.29 is 41.3 Å². The minimum atomic E-state index is -5.41. The van der Waals surface area contributed by atoms with Crippen LogP contribution in [0.3, 0.4) is 0 Å². The summed E-state index contributed by atoms with van der Waals surface area (Å²) in [6, 6.07) is 2.68. The molecule has 0 atom stereocenters. The van der Waals surface area contributed by atoms with Crippen molar-refractivity contribution in [3.8, 4) is 17.2 Å². The second-order valence-electron chi connectivity index (χ2n) is 3.27. The van der Waals surface area contributed by atoms with Crippen molar-refractivity contribution in [1.82, 2.24) is 0 Å². The van der Waals surface area contributed by atoms with Crippen molar-refractivity contribution in [3.63, 3.8) is 0 Å². The Labute approximate surface area is 102 Å². The van der Waals surface area contributed by atoms with Gasteiger partial charge in [-0.25, -0.2) is 0 Å². The summed E-state index contributed by atoms with van der Waals surface area (Å²) in [5.74, 6) is -5.24. The third-order valence-electron chi connectivity index (χ3n) is 1.77. The lowest BCUT2D eigenvalue weighted by molar-refractivity contribution is -0.128. The summed E-state index contributed by atoms with van der Waals surface area (Å²) >= 11 is 0. The summed E-state index contributed by atoms with van der Waals surface area (Å²) in [5, 5.41) is 18.2. The van der Waals surface area contributed by atoms with Crippen molar-refractivity contribution in [2.45, 2.75) is 12.4 Å². The van der Waals surface area contributed by atoms with Crippen LogP contribution in [0.15, 0.2) is 30.0 Å². The van der Waals surface area contributed by atoms with Crippen LogP contribution in [-0.2, 0) is 0 Å². The molecule has 0 saturated heterocycles. The highest BCUT2D eigenvalue weighted by Crippen LogP contribution is 2.39. The Morgan fingerprint density at radius 1 is 1.05 bits per heavy atom. The van der Waals surface area contributed by atoms with Crippen molar-refractivity contribution in [2.24, 2.45) is 0 Å². The van der Waals surface area contributed by atoms with E-state index >= 15 is 0 Å². The van der Waals surface area contributed by atoms with Gasteiger partial charge in [-0.3, -0.25) is 0 Å². The van der Waals surface area contributed by atoms with Gasteiger partial charge in [0.2, 0.25) is 11.5 Å². The molecule has 0 aliphatic carbocycles. The predicted molar refractivity (Wildman–Crippen MR) is 50.6 cm³/mol. The van der Waals surface area contributed by atoms with E-state index in [1.165, 1.54) is 0 Å². The SMILES string of the molecule is Oc1cccc(OC(=CC(F)(F)F)C(F)(F)F)c1O. The molecule has 1 aromatic rings. The first kappa shape index (κ1) is 15.0. The molecule has 19 heavy (non-hydrogen) atoms. The highest BCUT2D eigenvalue weighted by molar-refractivity contribution is 5.49. The Balaban J connectivity index is 3.17. The number of phenolic OH excluding ortho intramolecular Hbond substituents is 2. The monoisotopic (exact) mass is 288 g/mol. The number of benzene rings is 1. The van der Waals surface area contributed by atoms with E-state index in [-0.39, 0.29) is 0 Å². The number of aromatic hydroxyl groups is 2. The molecule has 3 nitrogen and oxygen atoms in total. The van der Waals surface area contributed by atoms with Gasteiger partial charge >= 0.3 is 12.4 Å². The molecule has 0 amide bonds. The van der Waals surface area contributed by atoms with E-state index in [2.05, 4.69) is 4.74 Å². The van der Waals surface area contributed by atoms with Crippen LogP contribution in [0.1, 0.15) is 0 Å². The molecular weight excluding hydrogens is 282 g/mol. The zero-order valence-electron chi connectivity index (χ0n) is 8.88. The minimum absolute atomic E-state index is 0.769. The van der Waals surface area contributed by atoms with Crippen LogP contribution in [0.2, 0.25) is 0 Å². The Bertz CT molecular complexity index is 489. The molecule has 0 fully saturated rings. The molecule has 0 unspecified atom stereocenters. The molecule has 0 saturated carbocycles. The fraction of sp³-hybridized carbons (Fsp3) is 0.200. The number of ether oxygens (including phenoxy) is 1. The van der Waals surface area contributed by atoms with Gasteiger partial charge < -0.3 is 14.9 Å². The fourth-order valence-corrected chi connectivity index (χ4v) is 1.03. The lowest BCUT2D eigenvalue weighted by Crippen LogP contribution is -2.20. The maximum Gasteiger partial charge on any atom is 0.449 e. The molecule has 9 heteroatoms. The second kappa shape index (κ2) is 4.90. The molecule has 0 aromatic heterocycles. The summed E-state index contributed by atoms with van der Waals surface area (Å²) in [7, 11) is 0. The van der Waals surface area contributed by atoms with Gasteiger partial charge in [-0.15, -0.1) is 0 Å². The molecule has 0 heterocycles. The molecule has 106 valence electrons. The topological polar surface area (TPSA) is 49.7 Å². The summed E-state index contributed by atoms with van der Waals surface area (Å²) < 4.78 is 76.8. The number of rotatable bonds is 2. The Kier molecular flexibility index (Phi) is 3.87. The maximum atomic E-state index is 12.3. The van der Waals surface area contributed by atoms with E-state index in [0.717, 1.165) is 18.2 Å². The summed E-state index contributed by atoms with van der Waals surface area (Å²) in [5.41, 5.74) is 0. The average molecular weight is 288 g/mol. The summed E-state index contributed by atoms with van der Waals surface area (Å²) in [4.78, 5) is 0. The lowest BCUT2D eigenvalue weighted by atomic mass is 10.3. The fourth-order valence-electron chi connectivity index (χ4n) is 1.03. The molecule has 2 N–H and O–H groups in total. The first-order chi connectivity index (χ1) is 8.50. The van der Waals surface area contributed by atoms with E-state index < -0.39 is 41.4 Å². The summed E-state index contributed by atoms with van der Waals surface area (Å²) in [6.07, 6.45) is -11.7. The highest BCUT2D eigenvalue weighted by atomic mass is 19.4. The van der Waals surface area contributed by atoms with E-state index in [0.29, 0.717) is 0 Å². The number of allylic oxidation sites excluding steroid dienone is 2. The first-order valence-electron chi connectivity index (χ1n) is 4.56. The van der Waals surface area contributed by atoms with Crippen molar-refractivity contribution in [2.75, 3.05) is 0 Å². The van der Waals surface area contributed by atoms with E-state index in [4.69, 9.17) is 10.2 Å². The van der Waals surface area contributed by atoms with Crippen LogP contribution in [-0.4, -0.2) is 22.6 Å². The molecule has 0 aliphatic rings. The molecule has 1 rings (SSSR count). The van der Waals surface area contributed by atoms with Crippen LogP contribution < -0.4 is 4.74 Å². The van der Waals surface area contributed by atoms with Crippen LogP contribution in [0.4, 0.5) is 26.3 Å². The number of hydrogen-bond donors (Lipinski definition) is 2. The normalized spacial score (nSPS) is 13.5. The van der Waals surface area contributed by atoms with Crippen molar-refractivity contribution in [3.05, 3.63) is 30.0 Å². The number of hydrogen-bond acceptors (Lipinski definition) is 3. The van der Waals surface area contributed by atoms with Crippen LogP contribution in [0.5, 0.6) is 17.2 Å². The maximum absolute atomic E-state index is 12.3. The molecule has 0 spiro atoms. The Morgan fingerprint density at radius 3 is 2.11 bits per heavy atom. The molecule has 0 radical (unpaired) electrons. The van der Waals surface area contributed by atoms with Crippen molar-refractivity contribution in [1.29, 1.82) is 0 Å². The minimum Gasteiger partial charge on any atom is -0.504 e. The Morgan fingerprint density at radius 2 is 1.63 bits per heavy atom. The van der Waals surface area contributed by atoms with Crippen molar-refractivity contribution >= 4 is 0 Å². The quantitative estimate of drug-likeness (QED) is 0.497. The molecule has 0 aliphatic heterocycles. The third-order valence-corrected chi connectivity index (χ3v) is 1.77. The molecule has 0 bridgehead atoms. The zero-order valence-corrected chi connectivity index (χ0v) is 8.88. The number of phenols is 2. The Hall–Kier alpha value is -2.06. The molecule has 1 aromatic carbocycles. The van der Waals surface area contributed by atoms with Gasteiger partial charge in [-0.05, 0) is 12.1 Å².